The standard InChI is InChI=1S/C77H47N7O/c1-3-25-48(26-4-1)59-47-60(79-76(78-59)49-27-5-2-6-28-49)70-72(81-61-38-16-7-29-50(61)51-30-8-17-39-62(51)81)71(77-80-58-37-15-24-46-69(58)85-77)74(83-65-42-20-11-33-54(65)55-34-12-21-43-66(55)83)75(84-67-44-22-13-35-56(67)57-36-14-23-45-68(57)84)73(70)82-63-40-18-9-31-52(63)53-32-10-19-41-64(53)82/h1-47H. The molecule has 0 saturated heterocycles. The lowest BCUT2D eigenvalue weighted by Gasteiger charge is -2.30. The summed E-state index contributed by atoms with van der Waals surface area (Å²) in [7, 11) is 0. The van der Waals surface area contributed by atoms with E-state index in [0.29, 0.717) is 23.0 Å². The smallest absolute Gasteiger partial charge is 0.231 e. The van der Waals surface area contributed by atoms with E-state index in [0.717, 1.165) is 143 Å². The molecular weight excluding hydrogens is 1040 g/mol. The maximum absolute atomic E-state index is 7.49. The second kappa shape index (κ2) is 18.5. The number of rotatable bonds is 8. The second-order valence-corrected chi connectivity index (χ2v) is 21.8. The van der Waals surface area contributed by atoms with Gasteiger partial charge in [-0.25, -0.2) is 15.0 Å². The van der Waals surface area contributed by atoms with E-state index < -0.39 is 0 Å². The molecule has 8 nitrogen and oxygen atoms in total. The highest BCUT2D eigenvalue weighted by Crippen LogP contribution is 2.55. The second-order valence-electron chi connectivity index (χ2n) is 21.8. The van der Waals surface area contributed by atoms with Crippen LogP contribution in [0.4, 0.5) is 0 Å². The fourth-order valence-electron chi connectivity index (χ4n) is 13.7. The van der Waals surface area contributed by atoms with Gasteiger partial charge in [0.25, 0.3) is 0 Å². The van der Waals surface area contributed by atoms with Crippen molar-refractivity contribution in [1.82, 2.24) is 33.2 Å². The van der Waals surface area contributed by atoms with Gasteiger partial charge in [-0.15, -0.1) is 0 Å². The van der Waals surface area contributed by atoms with Crippen molar-refractivity contribution in [3.63, 3.8) is 0 Å². The summed E-state index contributed by atoms with van der Waals surface area (Å²) in [6.45, 7) is 0. The number of para-hydroxylation sites is 10. The summed E-state index contributed by atoms with van der Waals surface area (Å²) in [5, 5.41) is 8.93. The Bertz CT molecular complexity index is 5440. The molecule has 0 spiro atoms. The number of aromatic nitrogens is 7. The molecule has 0 aliphatic heterocycles. The third-order valence-electron chi connectivity index (χ3n) is 17.2. The van der Waals surface area contributed by atoms with Gasteiger partial charge in [-0.3, -0.25) is 0 Å². The fraction of sp³-hybridized carbons (Fsp3) is 0. The quantitative estimate of drug-likeness (QED) is 0.152. The largest absolute Gasteiger partial charge is 0.436 e. The van der Waals surface area contributed by atoms with Crippen LogP contribution >= 0.6 is 0 Å². The minimum atomic E-state index is 0.451. The monoisotopic (exact) mass is 1090 g/mol. The molecule has 18 rings (SSSR count). The Morgan fingerprint density at radius 2 is 0.565 bits per heavy atom. The van der Waals surface area contributed by atoms with Crippen LogP contribution in [0.25, 0.3) is 166 Å². The first-order chi connectivity index (χ1) is 42.2. The van der Waals surface area contributed by atoms with Crippen molar-refractivity contribution in [2.45, 2.75) is 0 Å². The summed E-state index contributed by atoms with van der Waals surface area (Å²) in [4.78, 5) is 17.2. The van der Waals surface area contributed by atoms with Gasteiger partial charge in [0.05, 0.1) is 89.4 Å². The van der Waals surface area contributed by atoms with E-state index in [1.807, 2.05) is 30.3 Å². The first kappa shape index (κ1) is 47.1. The lowest BCUT2D eigenvalue weighted by atomic mass is 9.94. The highest BCUT2D eigenvalue weighted by Gasteiger charge is 2.38. The van der Waals surface area contributed by atoms with E-state index in [1.165, 1.54) is 0 Å². The van der Waals surface area contributed by atoms with Gasteiger partial charge >= 0.3 is 0 Å². The zero-order valence-electron chi connectivity index (χ0n) is 45.7. The highest BCUT2D eigenvalue weighted by atomic mass is 16.3. The number of fused-ring (bicyclic) bond motifs is 13. The molecule has 85 heavy (non-hydrogen) atoms. The molecule has 18 aromatic rings. The molecule has 0 fully saturated rings. The van der Waals surface area contributed by atoms with Crippen molar-refractivity contribution in [2.75, 3.05) is 0 Å². The topological polar surface area (TPSA) is 71.5 Å². The Kier molecular flexibility index (Phi) is 10.2. The van der Waals surface area contributed by atoms with Crippen LogP contribution in [0.1, 0.15) is 0 Å². The Hall–Kier alpha value is -11.6. The van der Waals surface area contributed by atoms with Crippen LogP contribution in [0.15, 0.2) is 290 Å². The molecule has 396 valence electrons. The zero-order chi connectivity index (χ0) is 55.7. The molecule has 0 saturated carbocycles. The van der Waals surface area contributed by atoms with Crippen molar-refractivity contribution >= 4 is 98.3 Å². The first-order valence-corrected chi connectivity index (χ1v) is 28.8. The van der Waals surface area contributed by atoms with Crippen molar-refractivity contribution < 1.29 is 4.42 Å². The molecule has 0 aliphatic carbocycles. The number of hydrogen-bond acceptors (Lipinski definition) is 4. The van der Waals surface area contributed by atoms with Crippen molar-refractivity contribution in [2.24, 2.45) is 0 Å². The molecule has 0 N–H and O–H groups in total. The number of hydrogen-bond donors (Lipinski definition) is 0. The van der Waals surface area contributed by atoms with Gasteiger partial charge in [-0.2, -0.15) is 0 Å². The molecule has 6 aromatic heterocycles. The van der Waals surface area contributed by atoms with Gasteiger partial charge in [0.15, 0.2) is 11.4 Å². The molecular formula is C77H47N7O. The van der Waals surface area contributed by atoms with Crippen LogP contribution in [0.5, 0.6) is 0 Å². The predicted molar refractivity (Wildman–Crippen MR) is 349 cm³/mol. The highest BCUT2D eigenvalue weighted by molar-refractivity contribution is 6.18. The van der Waals surface area contributed by atoms with E-state index in [-0.39, 0.29) is 0 Å². The molecule has 0 bridgehead atoms. The maximum atomic E-state index is 7.49. The normalized spacial score (nSPS) is 12.0. The van der Waals surface area contributed by atoms with Crippen LogP contribution in [0.2, 0.25) is 0 Å². The third kappa shape index (κ3) is 6.94. The molecule has 0 unspecified atom stereocenters. The molecule has 8 heteroatoms. The van der Waals surface area contributed by atoms with Crippen molar-refractivity contribution in [3.05, 3.63) is 285 Å². The average Bonchev–Trinajstić information content (AvgIpc) is 1.72. The summed E-state index contributed by atoms with van der Waals surface area (Å²) in [6, 6.07) is 102. The van der Waals surface area contributed by atoms with Crippen LogP contribution in [-0.4, -0.2) is 33.2 Å². The molecule has 12 aromatic carbocycles. The van der Waals surface area contributed by atoms with Crippen LogP contribution < -0.4 is 0 Å². The average molecular weight is 1090 g/mol. The Morgan fingerprint density at radius 3 is 0.976 bits per heavy atom. The van der Waals surface area contributed by atoms with Gasteiger partial charge in [0, 0.05) is 54.2 Å². The van der Waals surface area contributed by atoms with Gasteiger partial charge in [-0.1, -0.05) is 218 Å². The lowest BCUT2D eigenvalue weighted by Crippen LogP contribution is -2.16. The van der Waals surface area contributed by atoms with E-state index >= 15 is 0 Å². The van der Waals surface area contributed by atoms with E-state index in [9.17, 15) is 0 Å². The summed E-state index contributed by atoms with van der Waals surface area (Å²) in [5.41, 5.74) is 18.0. The molecule has 0 amide bonds. The Morgan fingerprint density at radius 1 is 0.247 bits per heavy atom. The van der Waals surface area contributed by atoms with Gasteiger partial charge < -0.3 is 22.7 Å². The maximum Gasteiger partial charge on any atom is 0.231 e. The van der Waals surface area contributed by atoms with Crippen LogP contribution in [0, 0.1) is 0 Å². The van der Waals surface area contributed by atoms with Gasteiger partial charge in [0.2, 0.25) is 5.89 Å². The summed E-state index contributed by atoms with van der Waals surface area (Å²) in [6.07, 6.45) is 0. The van der Waals surface area contributed by atoms with Crippen LogP contribution in [-0.2, 0) is 0 Å². The molecule has 0 radical (unpaired) electrons. The lowest BCUT2D eigenvalue weighted by molar-refractivity contribution is 0.619. The van der Waals surface area contributed by atoms with E-state index in [2.05, 4.69) is 273 Å². The van der Waals surface area contributed by atoms with E-state index in [1.54, 1.807) is 0 Å². The molecule has 6 heterocycles. The van der Waals surface area contributed by atoms with Gasteiger partial charge in [0.1, 0.15) is 5.52 Å². The molecule has 0 atom stereocenters. The fourth-order valence-corrected chi connectivity index (χ4v) is 13.7. The minimum absolute atomic E-state index is 0.451. The van der Waals surface area contributed by atoms with Crippen molar-refractivity contribution in [3.8, 4) is 68.1 Å². The number of nitrogens with zero attached hydrogens (tertiary/aromatic N) is 7. The first-order valence-electron chi connectivity index (χ1n) is 28.8. The number of benzene rings is 12. The number of oxazole rings is 1. The van der Waals surface area contributed by atoms with Crippen molar-refractivity contribution in [1.29, 1.82) is 0 Å². The Labute approximate surface area is 486 Å². The van der Waals surface area contributed by atoms with E-state index in [4.69, 9.17) is 19.4 Å². The Balaban J connectivity index is 1.22. The summed E-state index contributed by atoms with van der Waals surface area (Å²) >= 11 is 0. The molecule has 0 aliphatic rings. The third-order valence-corrected chi connectivity index (χ3v) is 17.2. The van der Waals surface area contributed by atoms with Crippen LogP contribution in [0.3, 0.4) is 0 Å². The zero-order valence-corrected chi connectivity index (χ0v) is 45.7. The minimum Gasteiger partial charge on any atom is -0.436 e. The predicted octanol–water partition coefficient (Wildman–Crippen LogP) is 19.7. The summed E-state index contributed by atoms with van der Waals surface area (Å²) in [5.74, 6) is 1.04. The van der Waals surface area contributed by atoms with Gasteiger partial charge in [-0.05, 0) is 66.7 Å². The SMILES string of the molecule is c1ccc(-c2cc(-c3c(-n4c5ccccc5c5ccccc54)c(-c4nc5ccccc5o4)c(-n4c5ccccc5c5ccccc54)c(-n4c5ccccc5c5ccccc54)c3-n3c4ccccc4c4ccccc43)nc(-c3ccccc3)n2)cc1. The summed E-state index contributed by atoms with van der Waals surface area (Å²) < 4.78 is 17.5.